The number of carboxylic acids is 1. The lowest BCUT2D eigenvalue weighted by Gasteiger charge is -2.36. The van der Waals surface area contributed by atoms with Gasteiger partial charge in [-0.15, -0.1) is 0 Å². The Bertz CT molecular complexity index is 1580. The summed E-state index contributed by atoms with van der Waals surface area (Å²) in [6.07, 6.45) is 1.18. The Morgan fingerprint density at radius 2 is 1.63 bits per heavy atom. The van der Waals surface area contributed by atoms with Crippen molar-refractivity contribution in [1.82, 2.24) is 9.47 Å². The number of piperazine rings is 1. The van der Waals surface area contributed by atoms with E-state index in [1.165, 1.54) is 41.1 Å². The highest BCUT2D eigenvalue weighted by molar-refractivity contribution is 6.01. The van der Waals surface area contributed by atoms with E-state index in [0.717, 1.165) is 11.6 Å². The first-order valence-electron chi connectivity index (χ1n) is 12.0. The van der Waals surface area contributed by atoms with Crippen molar-refractivity contribution in [2.45, 2.75) is 0 Å². The highest BCUT2D eigenvalue weighted by atomic mass is 19.1. The van der Waals surface area contributed by atoms with Crippen LogP contribution in [0.3, 0.4) is 0 Å². The van der Waals surface area contributed by atoms with Gasteiger partial charge < -0.3 is 19.8 Å². The van der Waals surface area contributed by atoms with Crippen LogP contribution in [0.25, 0.3) is 16.6 Å². The molecular weight excluding hydrogens is 494 g/mol. The molecule has 4 aromatic rings. The lowest BCUT2D eigenvalue weighted by atomic mass is 10.1. The molecular formula is C28H24F2N4O4. The van der Waals surface area contributed by atoms with Gasteiger partial charge in [0.1, 0.15) is 22.9 Å². The van der Waals surface area contributed by atoms with Crippen molar-refractivity contribution in [3.63, 3.8) is 0 Å². The average Bonchev–Trinajstić information content (AvgIpc) is 2.93. The van der Waals surface area contributed by atoms with E-state index >= 15 is 4.39 Å². The third kappa shape index (κ3) is 4.85. The second kappa shape index (κ2) is 10.4. The lowest BCUT2D eigenvalue weighted by molar-refractivity contribution is 0.0695. The number of oxime groups is 1. The Labute approximate surface area is 216 Å². The number of hydrogen-bond acceptors (Lipinski definition) is 6. The van der Waals surface area contributed by atoms with Gasteiger partial charge in [0.2, 0.25) is 5.43 Å². The molecule has 1 aromatic heterocycles. The number of pyridine rings is 1. The van der Waals surface area contributed by atoms with Crippen molar-refractivity contribution < 1.29 is 23.9 Å². The van der Waals surface area contributed by atoms with Gasteiger partial charge in [0.05, 0.1) is 11.2 Å². The highest BCUT2D eigenvalue weighted by Crippen LogP contribution is 2.28. The number of benzene rings is 3. The quantitative estimate of drug-likeness (QED) is 0.228. The van der Waals surface area contributed by atoms with Crippen molar-refractivity contribution in [3.8, 4) is 5.69 Å². The van der Waals surface area contributed by atoms with Crippen LogP contribution < -0.4 is 10.3 Å². The van der Waals surface area contributed by atoms with E-state index < -0.39 is 28.6 Å². The molecule has 0 atom stereocenters. The minimum absolute atomic E-state index is 0.0826. The summed E-state index contributed by atoms with van der Waals surface area (Å²) in [7, 11) is 0. The predicted octanol–water partition coefficient (Wildman–Crippen LogP) is 3.97. The van der Waals surface area contributed by atoms with Crippen molar-refractivity contribution in [2.75, 3.05) is 37.6 Å². The second-order valence-electron chi connectivity index (χ2n) is 9.02. The van der Waals surface area contributed by atoms with Crippen molar-refractivity contribution >= 4 is 28.3 Å². The Morgan fingerprint density at radius 3 is 2.26 bits per heavy atom. The Balaban J connectivity index is 1.46. The molecule has 0 bridgehead atoms. The zero-order valence-corrected chi connectivity index (χ0v) is 20.2. The van der Waals surface area contributed by atoms with Crippen LogP contribution in [0.1, 0.15) is 15.9 Å². The van der Waals surface area contributed by atoms with Gasteiger partial charge in [-0.05, 0) is 36.4 Å². The molecule has 0 aliphatic carbocycles. The van der Waals surface area contributed by atoms with Gasteiger partial charge in [-0.25, -0.2) is 13.6 Å². The summed E-state index contributed by atoms with van der Waals surface area (Å²) in [6.45, 7) is 2.53. The minimum atomic E-state index is -1.44. The molecule has 0 unspecified atom stereocenters. The number of hydrogen-bond donors (Lipinski definition) is 2. The number of halogens is 2. The normalized spacial score (nSPS) is 14.7. The maximum atomic E-state index is 15.3. The van der Waals surface area contributed by atoms with E-state index in [0.29, 0.717) is 49.6 Å². The zero-order chi connectivity index (χ0) is 26.8. The molecule has 0 radical (unpaired) electrons. The molecule has 2 heterocycles. The molecule has 3 aromatic carbocycles. The molecule has 1 aliphatic heterocycles. The smallest absolute Gasteiger partial charge is 0.341 e. The van der Waals surface area contributed by atoms with Crippen molar-refractivity contribution in [2.24, 2.45) is 5.16 Å². The summed E-state index contributed by atoms with van der Waals surface area (Å²) in [4.78, 5) is 28.5. The maximum Gasteiger partial charge on any atom is 0.341 e. The van der Waals surface area contributed by atoms with Gasteiger partial charge in [0.15, 0.2) is 0 Å². The van der Waals surface area contributed by atoms with E-state index in [-0.39, 0.29) is 11.1 Å². The molecule has 1 aliphatic rings. The van der Waals surface area contributed by atoms with E-state index in [9.17, 15) is 24.3 Å². The van der Waals surface area contributed by atoms with Gasteiger partial charge in [-0.1, -0.05) is 35.5 Å². The van der Waals surface area contributed by atoms with Crippen LogP contribution in [0.15, 0.2) is 82.9 Å². The number of carbonyl (C=O) groups is 1. The first-order valence-corrected chi connectivity index (χ1v) is 12.0. The van der Waals surface area contributed by atoms with Crippen LogP contribution in [0.2, 0.25) is 0 Å². The minimum Gasteiger partial charge on any atom is -0.477 e. The number of nitrogens with zero attached hydrogens (tertiary/aromatic N) is 4. The van der Waals surface area contributed by atoms with Crippen LogP contribution in [-0.4, -0.2) is 64.2 Å². The van der Waals surface area contributed by atoms with Crippen LogP contribution in [-0.2, 0) is 0 Å². The highest BCUT2D eigenvalue weighted by Gasteiger charge is 2.24. The van der Waals surface area contributed by atoms with Gasteiger partial charge in [-0.2, -0.15) is 0 Å². The molecule has 10 heteroatoms. The monoisotopic (exact) mass is 518 g/mol. The number of carboxylic acid groups (broad SMARTS) is 1. The first-order chi connectivity index (χ1) is 18.4. The standard InChI is InChI=1S/C28H24F2N4O4/c29-19-6-8-20(9-7-19)34-16-22(28(36)37)27(35)21-14-23(30)26(15-25(21)34)33-12-10-32(11-13-33)17-24(31-38)18-4-2-1-3-5-18/h1-9,14-16,38H,10-13,17H2,(H,36,37)/b31-24+. The van der Waals surface area contributed by atoms with Gasteiger partial charge in [-0.3, -0.25) is 9.69 Å². The molecule has 0 spiro atoms. The number of anilines is 1. The topological polar surface area (TPSA) is 98.4 Å². The van der Waals surface area contributed by atoms with E-state index in [4.69, 9.17) is 0 Å². The van der Waals surface area contributed by atoms with Gasteiger partial charge >= 0.3 is 5.97 Å². The third-order valence-electron chi connectivity index (χ3n) is 6.72. The lowest BCUT2D eigenvalue weighted by Crippen LogP contribution is -2.48. The molecule has 5 rings (SSSR count). The van der Waals surface area contributed by atoms with E-state index in [2.05, 4.69) is 10.1 Å². The van der Waals surface area contributed by atoms with Crippen LogP contribution in [0.4, 0.5) is 14.5 Å². The third-order valence-corrected chi connectivity index (χ3v) is 6.72. The fourth-order valence-electron chi connectivity index (χ4n) is 4.71. The molecule has 2 N–H and O–H groups in total. The largest absolute Gasteiger partial charge is 0.477 e. The number of aromatic nitrogens is 1. The van der Waals surface area contributed by atoms with Crippen LogP contribution in [0, 0.1) is 11.6 Å². The summed E-state index contributed by atoms with van der Waals surface area (Å²) in [5, 5.41) is 22.4. The zero-order valence-electron chi connectivity index (χ0n) is 20.2. The Morgan fingerprint density at radius 1 is 0.947 bits per heavy atom. The summed E-state index contributed by atoms with van der Waals surface area (Å²) >= 11 is 0. The Kier molecular flexibility index (Phi) is 6.89. The van der Waals surface area contributed by atoms with Crippen LogP contribution in [0.5, 0.6) is 0 Å². The predicted molar refractivity (Wildman–Crippen MR) is 140 cm³/mol. The SMILES string of the molecule is O=C(O)c1cn(-c2ccc(F)cc2)c2cc(N3CCN(C/C(=N\O)c4ccccc4)CC3)c(F)cc2c1=O. The summed E-state index contributed by atoms with van der Waals surface area (Å²) in [5.74, 6) is -2.54. The molecule has 8 nitrogen and oxygen atoms in total. The van der Waals surface area contributed by atoms with Crippen molar-refractivity contribution in [3.05, 3.63) is 106 Å². The molecule has 0 saturated carbocycles. The fraction of sp³-hybridized carbons (Fsp3) is 0.179. The second-order valence-corrected chi connectivity index (χ2v) is 9.02. The molecule has 194 valence electrons. The average molecular weight is 519 g/mol. The summed E-state index contributed by atoms with van der Waals surface area (Å²) in [5.41, 5.74) is 1.06. The number of rotatable bonds is 6. The molecule has 1 fully saturated rings. The summed E-state index contributed by atoms with van der Waals surface area (Å²) < 4.78 is 30.3. The molecule has 1 saturated heterocycles. The fourth-order valence-corrected chi connectivity index (χ4v) is 4.71. The first kappa shape index (κ1) is 25.1. The number of aromatic carboxylic acids is 1. The Hall–Kier alpha value is -4.57. The molecule has 38 heavy (non-hydrogen) atoms. The summed E-state index contributed by atoms with van der Waals surface area (Å²) in [6, 6.07) is 17.3. The number of fused-ring (bicyclic) bond motifs is 1. The van der Waals surface area contributed by atoms with Crippen LogP contribution >= 0.6 is 0 Å². The van der Waals surface area contributed by atoms with Gasteiger partial charge in [0.25, 0.3) is 0 Å². The van der Waals surface area contributed by atoms with Gasteiger partial charge in [0, 0.05) is 55.6 Å². The maximum absolute atomic E-state index is 15.3. The van der Waals surface area contributed by atoms with E-state index in [1.807, 2.05) is 35.2 Å². The molecule has 0 amide bonds. The van der Waals surface area contributed by atoms with E-state index in [1.54, 1.807) is 0 Å². The van der Waals surface area contributed by atoms with Crippen molar-refractivity contribution in [1.29, 1.82) is 0 Å².